The summed E-state index contributed by atoms with van der Waals surface area (Å²) in [5, 5.41) is 9.76. The van der Waals surface area contributed by atoms with Crippen LogP contribution in [-0.4, -0.2) is 17.5 Å². The van der Waals surface area contributed by atoms with Crippen molar-refractivity contribution in [3.8, 4) is 11.5 Å². The van der Waals surface area contributed by atoms with E-state index in [1.807, 2.05) is 13.8 Å². The normalized spacial score (nSPS) is 10.2. The Morgan fingerprint density at radius 1 is 1.29 bits per heavy atom. The molecule has 0 aliphatic carbocycles. The largest absolute Gasteiger partial charge is 0.507 e. The Kier molecular flexibility index (Phi) is 5.53. The highest BCUT2D eigenvalue weighted by molar-refractivity contribution is 5.98. The van der Waals surface area contributed by atoms with Gasteiger partial charge in [-0.1, -0.05) is 20.3 Å². The predicted octanol–water partition coefficient (Wildman–Crippen LogP) is 3.55. The number of unbranched alkanes of at least 4 members (excludes halogenated alkanes) is 1. The molecule has 1 aromatic rings. The number of benzene rings is 1. The van der Waals surface area contributed by atoms with E-state index >= 15 is 0 Å². The minimum Gasteiger partial charge on any atom is -0.507 e. The minimum absolute atomic E-state index is 0.00797. The second kappa shape index (κ2) is 6.94. The smallest absolute Gasteiger partial charge is 0.166 e. The Bertz CT molecular complexity index is 372. The lowest BCUT2D eigenvalue weighted by Crippen LogP contribution is -2.00. The first kappa shape index (κ1) is 13.6. The van der Waals surface area contributed by atoms with Crippen molar-refractivity contribution in [2.45, 2.75) is 39.5 Å². The summed E-state index contributed by atoms with van der Waals surface area (Å²) in [5.41, 5.74) is 0.391. The first-order chi connectivity index (χ1) is 8.19. The highest BCUT2D eigenvalue weighted by Gasteiger charge is 2.11. The van der Waals surface area contributed by atoms with E-state index in [0.29, 0.717) is 24.3 Å². The molecule has 0 radical (unpaired) electrons. The Morgan fingerprint density at radius 3 is 2.65 bits per heavy atom. The number of ketones is 1. The van der Waals surface area contributed by atoms with E-state index < -0.39 is 0 Å². The topological polar surface area (TPSA) is 46.5 Å². The zero-order chi connectivity index (χ0) is 12.7. The van der Waals surface area contributed by atoms with Gasteiger partial charge in [-0.3, -0.25) is 4.79 Å². The molecule has 0 aliphatic rings. The summed E-state index contributed by atoms with van der Waals surface area (Å²) in [7, 11) is 0. The third-order valence-electron chi connectivity index (χ3n) is 2.50. The molecule has 1 rings (SSSR count). The fourth-order valence-corrected chi connectivity index (χ4v) is 1.53. The van der Waals surface area contributed by atoms with Crippen LogP contribution in [0.25, 0.3) is 0 Å². The van der Waals surface area contributed by atoms with Crippen molar-refractivity contribution in [1.82, 2.24) is 0 Å². The Labute approximate surface area is 102 Å². The summed E-state index contributed by atoms with van der Waals surface area (Å²) < 4.78 is 5.38. The summed E-state index contributed by atoms with van der Waals surface area (Å²) >= 11 is 0. The number of phenols is 1. The zero-order valence-corrected chi connectivity index (χ0v) is 10.5. The zero-order valence-electron chi connectivity index (χ0n) is 10.5. The monoisotopic (exact) mass is 236 g/mol. The Morgan fingerprint density at radius 2 is 2.06 bits per heavy atom. The molecule has 0 saturated carbocycles. The van der Waals surface area contributed by atoms with Gasteiger partial charge in [0.1, 0.15) is 11.5 Å². The summed E-state index contributed by atoms with van der Waals surface area (Å²) in [4.78, 5) is 11.7. The molecular weight excluding hydrogens is 216 g/mol. The highest BCUT2D eigenvalue weighted by Crippen LogP contribution is 2.25. The van der Waals surface area contributed by atoms with Gasteiger partial charge in [0.2, 0.25) is 0 Å². The number of carbonyl (C=O) groups is 1. The SMILES string of the molecule is CCCCC(=O)c1ccc(OCCC)cc1O. The van der Waals surface area contributed by atoms with E-state index in [1.165, 1.54) is 6.07 Å². The van der Waals surface area contributed by atoms with Crippen molar-refractivity contribution in [2.75, 3.05) is 6.61 Å². The van der Waals surface area contributed by atoms with Crippen molar-refractivity contribution in [1.29, 1.82) is 0 Å². The van der Waals surface area contributed by atoms with E-state index in [2.05, 4.69) is 0 Å². The van der Waals surface area contributed by atoms with Crippen molar-refractivity contribution >= 4 is 5.78 Å². The number of carbonyl (C=O) groups excluding carboxylic acids is 1. The number of aromatic hydroxyl groups is 1. The van der Waals surface area contributed by atoms with Crippen LogP contribution >= 0.6 is 0 Å². The van der Waals surface area contributed by atoms with Crippen LogP contribution in [-0.2, 0) is 0 Å². The van der Waals surface area contributed by atoms with E-state index in [1.54, 1.807) is 12.1 Å². The second-order valence-corrected chi connectivity index (χ2v) is 4.05. The molecule has 0 unspecified atom stereocenters. The van der Waals surface area contributed by atoms with Gasteiger partial charge in [0.25, 0.3) is 0 Å². The summed E-state index contributed by atoms with van der Waals surface area (Å²) in [6.45, 7) is 4.67. The van der Waals surface area contributed by atoms with Gasteiger partial charge in [0, 0.05) is 12.5 Å². The second-order valence-electron chi connectivity index (χ2n) is 4.05. The highest BCUT2D eigenvalue weighted by atomic mass is 16.5. The van der Waals surface area contributed by atoms with Crippen molar-refractivity contribution in [3.05, 3.63) is 23.8 Å². The first-order valence-corrected chi connectivity index (χ1v) is 6.18. The maximum atomic E-state index is 11.7. The number of phenolic OH excluding ortho intramolecular Hbond substituents is 1. The van der Waals surface area contributed by atoms with E-state index in [9.17, 15) is 9.90 Å². The van der Waals surface area contributed by atoms with Crippen LogP contribution in [0.1, 0.15) is 49.9 Å². The van der Waals surface area contributed by atoms with Gasteiger partial charge in [-0.05, 0) is 25.0 Å². The number of Topliss-reactive ketones (excluding diaryl/α,β-unsaturated/α-hetero) is 1. The third kappa shape index (κ3) is 4.10. The Balaban J connectivity index is 2.71. The van der Waals surface area contributed by atoms with Crippen LogP contribution in [0.3, 0.4) is 0 Å². The molecule has 0 heterocycles. The predicted molar refractivity (Wildman–Crippen MR) is 67.7 cm³/mol. The van der Waals surface area contributed by atoms with Gasteiger partial charge in [0.15, 0.2) is 5.78 Å². The lowest BCUT2D eigenvalue weighted by atomic mass is 10.0. The molecule has 0 amide bonds. The number of ether oxygens (including phenoxy) is 1. The van der Waals surface area contributed by atoms with Gasteiger partial charge in [-0.25, -0.2) is 0 Å². The molecule has 17 heavy (non-hydrogen) atoms. The van der Waals surface area contributed by atoms with Crippen LogP contribution in [0.2, 0.25) is 0 Å². The lowest BCUT2D eigenvalue weighted by molar-refractivity contribution is 0.0977. The molecule has 0 fully saturated rings. The molecule has 0 saturated heterocycles. The molecular formula is C14H20O3. The average Bonchev–Trinajstić information content (AvgIpc) is 2.33. The summed E-state index contributed by atoms with van der Waals surface area (Å²) in [6.07, 6.45) is 3.23. The molecule has 3 heteroatoms. The van der Waals surface area contributed by atoms with Crippen LogP contribution in [0, 0.1) is 0 Å². The van der Waals surface area contributed by atoms with Crippen molar-refractivity contribution in [2.24, 2.45) is 0 Å². The fraction of sp³-hybridized carbons (Fsp3) is 0.500. The fourth-order valence-electron chi connectivity index (χ4n) is 1.53. The molecule has 94 valence electrons. The summed E-state index contributed by atoms with van der Waals surface area (Å²) in [5.74, 6) is 0.613. The lowest BCUT2D eigenvalue weighted by Gasteiger charge is -2.07. The van der Waals surface area contributed by atoms with E-state index in [-0.39, 0.29) is 11.5 Å². The molecule has 1 aromatic carbocycles. The number of hydrogen-bond acceptors (Lipinski definition) is 3. The van der Waals surface area contributed by atoms with Crippen LogP contribution in [0.4, 0.5) is 0 Å². The molecule has 0 atom stereocenters. The summed E-state index contributed by atoms with van der Waals surface area (Å²) in [6, 6.07) is 4.88. The first-order valence-electron chi connectivity index (χ1n) is 6.18. The molecule has 0 aromatic heterocycles. The molecule has 0 spiro atoms. The van der Waals surface area contributed by atoms with Crippen LogP contribution in [0.5, 0.6) is 11.5 Å². The van der Waals surface area contributed by atoms with Crippen LogP contribution in [0.15, 0.2) is 18.2 Å². The van der Waals surface area contributed by atoms with Crippen LogP contribution < -0.4 is 4.74 Å². The Hall–Kier alpha value is -1.51. The van der Waals surface area contributed by atoms with E-state index in [0.717, 1.165) is 19.3 Å². The molecule has 3 nitrogen and oxygen atoms in total. The number of rotatable bonds is 7. The van der Waals surface area contributed by atoms with Crippen molar-refractivity contribution < 1.29 is 14.6 Å². The van der Waals surface area contributed by atoms with Gasteiger partial charge >= 0.3 is 0 Å². The molecule has 0 bridgehead atoms. The van der Waals surface area contributed by atoms with Gasteiger partial charge < -0.3 is 9.84 Å². The average molecular weight is 236 g/mol. The number of hydrogen-bond donors (Lipinski definition) is 1. The maximum Gasteiger partial charge on any atom is 0.166 e. The molecule has 0 aliphatic heterocycles. The van der Waals surface area contributed by atoms with E-state index in [4.69, 9.17) is 4.74 Å². The van der Waals surface area contributed by atoms with Gasteiger partial charge in [0.05, 0.1) is 12.2 Å². The maximum absolute atomic E-state index is 11.7. The van der Waals surface area contributed by atoms with Gasteiger partial charge in [-0.2, -0.15) is 0 Å². The third-order valence-corrected chi connectivity index (χ3v) is 2.50. The minimum atomic E-state index is -0.00797. The standard InChI is InChI=1S/C14H20O3/c1-3-5-6-13(15)12-8-7-11(10-14(12)16)17-9-4-2/h7-8,10,16H,3-6,9H2,1-2H3. The van der Waals surface area contributed by atoms with Crippen molar-refractivity contribution in [3.63, 3.8) is 0 Å². The molecule has 1 N–H and O–H groups in total. The quantitative estimate of drug-likeness (QED) is 0.736. The van der Waals surface area contributed by atoms with Gasteiger partial charge in [-0.15, -0.1) is 0 Å².